The molecule has 1 fully saturated rings. The van der Waals surface area contributed by atoms with E-state index in [1.807, 2.05) is 18.2 Å². The number of carbonyl (C=O) groups is 1. The summed E-state index contributed by atoms with van der Waals surface area (Å²) in [6, 6.07) is 0.349. The SMILES string of the molecule is COC(=O)[C@@]12CC=CC=C1C=C1CCCC[C@H]1N2. The summed E-state index contributed by atoms with van der Waals surface area (Å²) in [5, 5.41) is 3.56. The number of hydrogen-bond donors (Lipinski definition) is 1. The average Bonchev–Trinajstić information content (AvgIpc) is 2.43. The van der Waals surface area contributed by atoms with Gasteiger partial charge in [-0.1, -0.05) is 36.3 Å². The second kappa shape index (κ2) is 4.39. The molecule has 18 heavy (non-hydrogen) atoms. The van der Waals surface area contributed by atoms with Crippen molar-refractivity contribution in [3.8, 4) is 0 Å². The number of esters is 1. The Morgan fingerprint density at radius 1 is 1.50 bits per heavy atom. The normalized spacial score (nSPS) is 33.9. The summed E-state index contributed by atoms with van der Waals surface area (Å²) >= 11 is 0. The van der Waals surface area contributed by atoms with E-state index in [-0.39, 0.29) is 5.97 Å². The van der Waals surface area contributed by atoms with Gasteiger partial charge in [-0.2, -0.15) is 0 Å². The third kappa shape index (κ3) is 1.65. The maximum Gasteiger partial charge on any atom is 0.331 e. The van der Waals surface area contributed by atoms with E-state index in [0.717, 1.165) is 18.4 Å². The van der Waals surface area contributed by atoms with E-state index in [1.165, 1.54) is 25.5 Å². The zero-order valence-electron chi connectivity index (χ0n) is 10.7. The number of rotatable bonds is 1. The van der Waals surface area contributed by atoms with Crippen LogP contribution in [0.15, 0.2) is 35.5 Å². The molecule has 0 spiro atoms. The largest absolute Gasteiger partial charge is 0.467 e. The Labute approximate surface area is 108 Å². The minimum absolute atomic E-state index is 0.168. The van der Waals surface area contributed by atoms with Crippen LogP contribution in [0.25, 0.3) is 0 Å². The van der Waals surface area contributed by atoms with E-state index >= 15 is 0 Å². The number of carbonyl (C=O) groups excluding carboxylic acids is 1. The third-order valence-electron chi connectivity index (χ3n) is 4.28. The van der Waals surface area contributed by atoms with Crippen LogP contribution in [0, 0.1) is 0 Å². The fourth-order valence-corrected chi connectivity index (χ4v) is 3.30. The maximum atomic E-state index is 12.2. The monoisotopic (exact) mass is 245 g/mol. The van der Waals surface area contributed by atoms with E-state index < -0.39 is 5.54 Å². The quantitative estimate of drug-likeness (QED) is 0.720. The lowest BCUT2D eigenvalue weighted by Crippen LogP contribution is -2.60. The van der Waals surface area contributed by atoms with Gasteiger partial charge in [0.1, 0.15) is 5.54 Å². The number of methoxy groups -OCH3 is 1. The van der Waals surface area contributed by atoms with E-state index in [1.54, 1.807) is 0 Å². The first kappa shape index (κ1) is 11.7. The van der Waals surface area contributed by atoms with Crippen molar-refractivity contribution in [2.24, 2.45) is 0 Å². The van der Waals surface area contributed by atoms with E-state index in [2.05, 4.69) is 11.4 Å². The van der Waals surface area contributed by atoms with Crippen LogP contribution in [0.5, 0.6) is 0 Å². The minimum Gasteiger partial charge on any atom is -0.467 e. The van der Waals surface area contributed by atoms with Gasteiger partial charge in [0, 0.05) is 6.04 Å². The Balaban J connectivity index is 2.03. The first-order chi connectivity index (χ1) is 8.76. The molecule has 0 unspecified atom stereocenters. The van der Waals surface area contributed by atoms with E-state index in [9.17, 15) is 4.79 Å². The van der Waals surface area contributed by atoms with Gasteiger partial charge in [-0.3, -0.25) is 5.32 Å². The predicted octanol–water partition coefficient (Wildman–Crippen LogP) is 2.26. The summed E-state index contributed by atoms with van der Waals surface area (Å²) in [5.41, 5.74) is 1.86. The Morgan fingerprint density at radius 2 is 2.39 bits per heavy atom. The molecule has 1 aliphatic heterocycles. The van der Waals surface area contributed by atoms with Gasteiger partial charge in [0.05, 0.1) is 7.11 Å². The van der Waals surface area contributed by atoms with Gasteiger partial charge in [0.25, 0.3) is 0 Å². The number of hydrogen-bond acceptors (Lipinski definition) is 3. The molecule has 0 radical (unpaired) electrons. The summed E-state index contributed by atoms with van der Waals surface area (Å²) in [4.78, 5) is 12.2. The van der Waals surface area contributed by atoms with Crippen molar-refractivity contribution in [3.63, 3.8) is 0 Å². The van der Waals surface area contributed by atoms with E-state index in [4.69, 9.17) is 4.74 Å². The molecule has 2 aliphatic carbocycles. The molecule has 96 valence electrons. The predicted molar refractivity (Wildman–Crippen MR) is 70.1 cm³/mol. The summed E-state index contributed by atoms with van der Waals surface area (Å²) in [6.45, 7) is 0. The lowest BCUT2D eigenvalue weighted by molar-refractivity contribution is -0.147. The van der Waals surface area contributed by atoms with Crippen LogP contribution in [-0.4, -0.2) is 24.7 Å². The highest BCUT2D eigenvalue weighted by molar-refractivity contribution is 5.87. The first-order valence-corrected chi connectivity index (χ1v) is 6.70. The molecule has 0 aromatic heterocycles. The molecule has 3 nitrogen and oxygen atoms in total. The lowest BCUT2D eigenvalue weighted by atomic mass is 9.74. The van der Waals surface area contributed by atoms with Crippen molar-refractivity contribution >= 4 is 5.97 Å². The molecule has 3 heteroatoms. The van der Waals surface area contributed by atoms with Crippen molar-refractivity contribution in [1.29, 1.82) is 0 Å². The average molecular weight is 245 g/mol. The molecule has 1 heterocycles. The number of ether oxygens (including phenoxy) is 1. The number of fused-ring (bicyclic) bond motifs is 2. The van der Waals surface area contributed by atoms with Crippen LogP contribution in [-0.2, 0) is 9.53 Å². The van der Waals surface area contributed by atoms with Crippen molar-refractivity contribution in [2.75, 3.05) is 7.11 Å². The summed E-state index contributed by atoms with van der Waals surface area (Å²) in [7, 11) is 1.47. The van der Waals surface area contributed by atoms with Crippen LogP contribution in [0.2, 0.25) is 0 Å². The third-order valence-corrected chi connectivity index (χ3v) is 4.28. The van der Waals surface area contributed by atoms with Crippen LogP contribution < -0.4 is 5.32 Å². The van der Waals surface area contributed by atoms with Crippen molar-refractivity contribution < 1.29 is 9.53 Å². The van der Waals surface area contributed by atoms with Crippen LogP contribution in [0.3, 0.4) is 0 Å². The van der Waals surface area contributed by atoms with Crippen molar-refractivity contribution in [1.82, 2.24) is 5.32 Å². The molecule has 0 amide bonds. The summed E-state index contributed by atoms with van der Waals surface area (Å²) in [5.74, 6) is -0.168. The van der Waals surface area contributed by atoms with Crippen LogP contribution in [0.1, 0.15) is 32.1 Å². The van der Waals surface area contributed by atoms with Gasteiger partial charge >= 0.3 is 5.97 Å². The van der Waals surface area contributed by atoms with Gasteiger partial charge < -0.3 is 4.74 Å². The maximum absolute atomic E-state index is 12.2. The second-order valence-corrected chi connectivity index (χ2v) is 5.31. The van der Waals surface area contributed by atoms with Crippen LogP contribution >= 0.6 is 0 Å². The Bertz CT molecular complexity index is 461. The Kier molecular flexibility index (Phi) is 2.86. The molecular formula is C15H19NO2. The van der Waals surface area contributed by atoms with Gasteiger partial charge in [0.2, 0.25) is 0 Å². The van der Waals surface area contributed by atoms with Gasteiger partial charge in [0.15, 0.2) is 0 Å². The summed E-state index contributed by atoms with van der Waals surface area (Å²) in [6.07, 6.45) is 13.8. The Morgan fingerprint density at radius 3 is 3.22 bits per heavy atom. The van der Waals surface area contributed by atoms with Gasteiger partial charge in [-0.05, 0) is 31.3 Å². The van der Waals surface area contributed by atoms with Crippen molar-refractivity contribution in [2.45, 2.75) is 43.7 Å². The second-order valence-electron chi connectivity index (χ2n) is 5.31. The standard InChI is InChI=1S/C15H19NO2/c1-18-14(17)15-9-5-4-7-12(15)10-11-6-2-3-8-13(11)16-15/h4-5,7,10,13,16H,2-3,6,8-9H2,1H3/t13-,15-/m1/s1. The highest BCUT2D eigenvalue weighted by Gasteiger charge is 2.47. The number of allylic oxidation sites excluding steroid dienone is 2. The minimum atomic E-state index is -0.644. The van der Waals surface area contributed by atoms with E-state index in [0.29, 0.717) is 12.5 Å². The molecule has 2 atom stereocenters. The molecule has 0 bridgehead atoms. The Hall–Kier alpha value is -1.35. The molecule has 0 aromatic rings. The molecule has 3 aliphatic rings. The molecule has 0 saturated heterocycles. The molecular weight excluding hydrogens is 226 g/mol. The summed E-state index contributed by atoms with van der Waals surface area (Å²) < 4.78 is 5.02. The fraction of sp³-hybridized carbons (Fsp3) is 0.533. The van der Waals surface area contributed by atoms with Gasteiger partial charge in [-0.15, -0.1) is 0 Å². The lowest BCUT2D eigenvalue weighted by Gasteiger charge is -2.43. The first-order valence-electron chi connectivity index (χ1n) is 6.70. The highest BCUT2D eigenvalue weighted by atomic mass is 16.5. The van der Waals surface area contributed by atoms with Crippen LogP contribution in [0.4, 0.5) is 0 Å². The number of nitrogens with one attached hydrogen (secondary N) is 1. The molecule has 3 rings (SSSR count). The molecule has 0 aromatic carbocycles. The zero-order chi connectivity index (χ0) is 12.6. The fourth-order valence-electron chi connectivity index (χ4n) is 3.30. The highest BCUT2D eigenvalue weighted by Crippen LogP contribution is 2.38. The smallest absolute Gasteiger partial charge is 0.331 e. The molecule has 1 saturated carbocycles. The molecule has 1 N–H and O–H groups in total. The van der Waals surface area contributed by atoms with Crippen molar-refractivity contribution in [3.05, 3.63) is 35.5 Å². The topological polar surface area (TPSA) is 38.3 Å². The zero-order valence-corrected chi connectivity index (χ0v) is 10.7. The van der Waals surface area contributed by atoms with Gasteiger partial charge in [-0.25, -0.2) is 4.79 Å².